The minimum Gasteiger partial charge on any atom is -0.379 e. The lowest BCUT2D eigenvalue weighted by atomic mass is 10.1. The normalized spacial score (nSPS) is 10.2. The number of benzene rings is 1. The van der Waals surface area contributed by atoms with Crippen LogP contribution in [0.25, 0.3) is 0 Å². The molecule has 0 atom stereocenters. The third-order valence-corrected chi connectivity index (χ3v) is 3.64. The predicted octanol–water partition coefficient (Wildman–Crippen LogP) is 3.99. The summed E-state index contributed by atoms with van der Waals surface area (Å²) in [6.07, 6.45) is 0. The van der Waals surface area contributed by atoms with Crippen molar-refractivity contribution in [1.82, 2.24) is 0 Å². The second-order valence-electron chi connectivity index (χ2n) is 4.11. The van der Waals surface area contributed by atoms with E-state index in [0.717, 1.165) is 0 Å². The monoisotopic (exact) mass is 325 g/mol. The van der Waals surface area contributed by atoms with Crippen LogP contribution in [0.4, 0.5) is 17.1 Å². The van der Waals surface area contributed by atoms with E-state index in [1.54, 1.807) is 18.4 Å². The van der Waals surface area contributed by atoms with Gasteiger partial charge < -0.3 is 10.6 Å². The highest BCUT2D eigenvalue weighted by Gasteiger charge is 2.21. The maximum absolute atomic E-state index is 12.1. The Morgan fingerprint density at radius 1 is 1.48 bits per heavy atom. The van der Waals surface area contributed by atoms with Crippen LogP contribution in [0.15, 0.2) is 29.0 Å². The molecule has 0 aliphatic heterocycles. The molecule has 0 unspecified atom stereocenters. The molecule has 21 heavy (non-hydrogen) atoms. The first-order chi connectivity index (χ1) is 10.0. The molecule has 1 aromatic carbocycles. The van der Waals surface area contributed by atoms with Gasteiger partial charge in [-0.2, -0.15) is 11.3 Å². The molecule has 1 heterocycles. The zero-order chi connectivity index (χ0) is 15.4. The average Bonchev–Trinajstić information content (AvgIpc) is 2.93. The molecule has 0 aliphatic carbocycles. The number of nitro groups is 1. The van der Waals surface area contributed by atoms with E-state index in [-0.39, 0.29) is 22.0 Å². The van der Waals surface area contributed by atoms with Crippen LogP contribution in [0.3, 0.4) is 0 Å². The number of nitro benzene ring substituents is 1. The summed E-state index contributed by atoms with van der Waals surface area (Å²) in [5.41, 5.74) is 0.773. The molecule has 6 nitrogen and oxygen atoms in total. The number of nitrogens with zero attached hydrogens (tertiary/aromatic N) is 1. The maximum Gasteiger partial charge on any atom is 0.294 e. The van der Waals surface area contributed by atoms with Crippen LogP contribution < -0.4 is 10.6 Å². The van der Waals surface area contributed by atoms with Gasteiger partial charge in [-0.15, -0.1) is 0 Å². The van der Waals surface area contributed by atoms with E-state index in [1.807, 2.05) is 5.38 Å². The fourth-order valence-electron chi connectivity index (χ4n) is 1.76. The summed E-state index contributed by atoms with van der Waals surface area (Å²) < 4.78 is 0. The van der Waals surface area contributed by atoms with Crippen LogP contribution in [0.1, 0.15) is 17.3 Å². The molecule has 0 radical (unpaired) electrons. The Morgan fingerprint density at radius 3 is 2.81 bits per heavy atom. The fraction of sp³-hybridized carbons (Fsp3) is 0.154. The van der Waals surface area contributed by atoms with Gasteiger partial charge in [0.2, 0.25) is 0 Å². The molecule has 2 rings (SSSR count). The van der Waals surface area contributed by atoms with Gasteiger partial charge in [0.15, 0.2) is 0 Å². The predicted molar refractivity (Wildman–Crippen MR) is 84.5 cm³/mol. The number of hydrogen-bond donors (Lipinski definition) is 2. The first kappa shape index (κ1) is 15.3. The van der Waals surface area contributed by atoms with E-state index in [4.69, 9.17) is 11.6 Å². The molecular weight excluding hydrogens is 314 g/mol. The Balaban J connectivity index is 2.36. The van der Waals surface area contributed by atoms with Gasteiger partial charge >= 0.3 is 0 Å². The van der Waals surface area contributed by atoms with Crippen LogP contribution in [0, 0.1) is 10.1 Å². The van der Waals surface area contributed by atoms with E-state index in [1.165, 1.54) is 23.5 Å². The lowest BCUT2D eigenvalue weighted by Gasteiger charge is -2.09. The number of halogens is 1. The maximum atomic E-state index is 12.1. The quantitative estimate of drug-likeness (QED) is 0.643. The Hall–Kier alpha value is -2.12. The molecule has 1 aromatic heterocycles. The molecule has 1 amide bonds. The minimum atomic E-state index is -0.564. The van der Waals surface area contributed by atoms with E-state index < -0.39 is 10.8 Å². The van der Waals surface area contributed by atoms with Gasteiger partial charge in [0.05, 0.1) is 15.6 Å². The molecular formula is C13H12ClN3O3S. The van der Waals surface area contributed by atoms with Crippen molar-refractivity contribution in [3.05, 3.63) is 49.7 Å². The highest BCUT2D eigenvalue weighted by atomic mass is 35.5. The summed E-state index contributed by atoms with van der Waals surface area (Å²) in [5, 5.41) is 20.3. The highest BCUT2D eigenvalue weighted by molar-refractivity contribution is 7.08. The number of thiophene rings is 1. The Bertz CT molecular complexity index is 674. The topological polar surface area (TPSA) is 84.3 Å². The van der Waals surface area contributed by atoms with Crippen molar-refractivity contribution in [3.8, 4) is 0 Å². The van der Waals surface area contributed by atoms with Crippen molar-refractivity contribution in [3.63, 3.8) is 0 Å². The van der Waals surface area contributed by atoms with Crippen molar-refractivity contribution < 1.29 is 9.72 Å². The Kier molecular flexibility index (Phi) is 4.77. The summed E-state index contributed by atoms with van der Waals surface area (Å²) >= 11 is 7.48. The summed E-state index contributed by atoms with van der Waals surface area (Å²) in [4.78, 5) is 22.7. The summed E-state index contributed by atoms with van der Waals surface area (Å²) in [5.74, 6) is -0.443. The van der Waals surface area contributed by atoms with Crippen LogP contribution in [0.5, 0.6) is 0 Å². The third-order valence-electron chi connectivity index (χ3n) is 2.66. The van der Waals surface area contributed by atoms with E-state index >= 15 is 0 Å². The lowest BCUT2D eigenvalue weighted by molar-refractivity contribution is -0.384. The van der Waals surface area contributed by atoms with Gasteiger partial charge in [0.25, 0.3) is 11.6 Å². The molecule has 0 aliphatic rings. The largest absolute Gasteiger partial charge is 0.379 e. The van der Waals surface area contributed by atoms with E-state index in [0.29, 0.717) is 12.2 Å². The third kappa shape index (κ3) is 3.50. The lowest BCUT2D eigenvalue weighted by Crippen LogP contribution is -2.12. The minimum absolute atomic E-state index is 0.138. The van der Waals surface area contributed by atoms with Crippen LogP contribution >= 0.6 is 22.9 Å². The summed E-state index contributed by atoms with van der Waals surface area (Å²) in [6.45, 7) is 2.29. The number of amides is 1. The number of nitrogens with one attached hydrogen (secondary N) is 2. The molecule has 2 aromatic rings. The van der Waals surface area contributed by atoms with Crippen molar-refractivity contribution >= 4 is 45.9 Å². The second kappa shape index (κ2) is 6.55. The van der Waals surface area contributed by atoms with E-state index in [2.05, 4.69) is 10.6 Å². The van der Waals surface area contributed by atoms with Crippen molar-refractivity contribution in [2.75, 3.05) is 17.2 Å². The number of carbonyl (C=O) groups is 1. The molecule has 0 saturated heterocycles. The van der Waals surface area contributed by atoms with Gasteiger partial charge in [-0.25, -0.2) is 0 Å². The zero-order valence-corrected chi connectivity index (χ0v) is 12.6. The SMILES string of the molecule is CCNc1c(Cl)cc(C(=O)Nc2ccsc2)cc1[N+](=O)[O-]. The van der Waals surface area contributed by atoms with Crippen LogP contribution in [-0.2, 0) is 0 Å². The molecule has 2 N–H and O–H groups in total. The van der Waals surface area contributed by atoms with E-state index in [9.17, 15) is 14.9 Å². The molecule has 0 saturated carbocycles. The van der Waals surface area contributed by atoms with Crippen LogP contribution in [0.2, 0.25) is 5.02 Å². The standard InChI is InChI=1S/C13H12ClN3O3S/c1-2-15-12-10(14)5-8(6-11(12)17(19)20)13(18)16-9-3-4-21-7-9/h3-7,15H,2H2,1H3,(H,16,18). The van der Waals surface area contributed by atoms with Gasteiger partial charge in [-0.1, -0.05) is 11.6 Å². The first-order valence-electron chi connectivity index (χ1n) is 6.08. The average molecular weight is 326 g/mol. The Labute approximate surface area is 129 Å². The number of hydrogen-bond acceptors (Lipinski definition) is 5. The summed E-state index contributed by atoms with van der Waals surface area (Å²) in [7, 11) is 0. The van der Waals surface area contributed by atoms with Gasteiger partial charge in [-0.05, 0) is 24.4 Å². The van der Waals surface area contributed by atoms with Crippen LogP contribution in [-0.4, -0.2) is 17.4 Å². The fourth-order valence-corrected chi connectivity index (χ4v) is 2.63. The summed E-state index contributed by atoms with van der Waals surface area (Å²) in [6, 6.07) is 4.37. The molecule has 8 heteroatoms. The Morgan fingerprint density at radius 2 is 2.24 bits per heavy atom. The molecule has 0 fully saturated rings. The zero-order valence-electron chi connectivity index (χ0n) is 11.1. The second-order valence-corrected chi connectivity index (χ2v) is 5.29. The highest BCUT2D eigenvalue weighted by Crippen LogP contribution is 2.34. The molecule has 0 spiro atoms. The van der Waals surface area contributed by atoms with Crippen molar-refractivity contribution in [1.29, 1.82) is 0 Å². The molecule has 110 valence electrons. The van der Waals surface area contributed by atoms with Crippen molar-refractivity contribution in [2.24, 2.45) is 0 Å². The number of anilines is 2. The number of rotatable bonds is 5. The molecule has 0 bridgehead atoms. The number of carbonyl (C=O) groups excluding carboxylic acids is 1. The first-order valence-corrected chi connectivity index (χ1v) is 7.40. The van der Waals surface area contributed by atoms with Gasteiger partial charge in [0, 0.05) is 23.6 Å². The van der Waals surface area contributed by atoms with Crippen molar-refractivity contribution in [2.45, 2.75) is 6.92 Å². The smallest absolute Gasteiger partial charge is 0.294 e. The van der Waals surface area contributed by atoms with Gasteiger partial charge in [0.1, 0.15) is 5.69 Å². The van der Waals surface area contributed by atoms with Gasteiger partial charge in [-0.3, -0.25) is 14.9 Å².